The lowest BCUT2D eigenvalue weighted by atomic mass is 10.2. The van der Waals surface area contributed by atoms with Crippen LogP contribution in [-0.4, -0.2) is 17.0 Å². The molecule has 0 fully saturated rings. The zero-order chi connectivity index (χ0) is 10.3. The fraction of sp³-hybridized carbons (Fsp3) is 0.333. The third-order valence-electron chi connectivity index (χ3n) is 2.03. The molecule has 1 aromatic rings. The number of pyridine rings is 1. The fourth-order valence-electron chi connectivity index (χ4n) is 1.30. The van der Waals surface area contributed by atoms with Crippen LogP contribution in [0.25, 0.3) is 0 Å². The van der Waals surface area contributed by atoms with E-state index in [0.29, 0.717) is 16.2 Å². The summed E-state index contributed by atoms with van der Waals surface area (Å²) in [5, 5.41) is 2.69. The van der Waals surface area contributed by atoms with Crippen molar-refractivity contribution in [2.75, 3.05) is 5.32 Å². The van der Waals surface area contributed by atoms with Crippen LogP contribution in [0, 0.1) is 6.92 Å². The molecule has 4 nitrogen and oxygen atoms in total. The molecule has 14 heavy (non-hydrogen) atoms. The molecule has 1 aromatic heterocycles. The first kappa shape index (κ1) is 9.45. The van der Waals surface area contributed by atoms with Gasteiger partial charge >= 0.3 is 0 Å². The second-order valence-electron chi connectivity index (χ2n) is 3.19. The number of hydrogen-bond donors (Lipinski definition) is 1. The highest BCUT2D eigenvalue weighted by molar-refractivity contribution is 9.10. The highest BCUT2D eigenvalue weighted by atomic mass is 79.9. The number of ether oxygens (including phenoxy) is 1. The molecule has 74 valence electrons. The topological polar surface area (TPSA) is 51.2 Å². The first-order valence-electron chi connectivity index (χ1n) is 4.22. The van der Waals surface area contributed by atoms with Crippen LogP contribution >= 0.6 is 15.9 Å². The Morgan fingerprint density at radius 1 is 1.64 bits per heavy atom. The van der Waals surface area contributed by atoms with E-state index in [9.17, 15) is 4.79 Å². The van der Waals surface area contributed by atoms with Crippen molar-refractivity contribution in [1.82, 2.24) is 4.98 Å². The van der Waals surface area contributed by atoms with Gasteiger partial charge in [-0.1, -0.05) is 0 Å². The SMILES string of the molecule is Cc1cc(Br)nc2c1OC(C)C(=O)N2. The number of rotatable bonds is 0. The zero-order valence-corrected chi connectivity index (χ0v) is 9.38. The van der Waals surface area contributed by atoms with Crippen molar-refractivity contribution < 1.29 is 9.53 Å². The molecule has 0 saturated heterocycles. The number of nitrogens with one attached hydrogen (secondary N) is 1. The van der Waals surface area contributed by atoms with Crippen LogP contribution in [0.15, 0.2) is 10.7 Å². The van der Waals surface area contributed by atoms with Crippen LogP contribution in [0.1, 0.15) is 12.5 Å². The van der Waals surface area contributed by atoms with E-state index in [2.05, 4.69) is 26.2 Å². The zero-order valence-electron chi connectivity index (χ0n) is 7.80. The largest absolute Gasteiger partial charge is 0.477 e. The van der Waals surface area contributed by atoms with E-state index in [1.54, 1.807) is 6.92 Å². The monoisotopic (exact) mass is 256 g/mol. The lowest BCUT2D eigenvalue weighted by Crippen LogP contribution is -2.35. The predicted octanol–water partition coefficient (Wildman–Crippen LogP) is 1.87. The first-order chi connectivity index (χ1) is 6.58. The number of aryl methyl sites for hydroxylation is 1. The van der Waals surface area contributed by atoms with E-state index in [1.807, 2.05) is 13.0 Å². The summed E-state index contributed by atoms with van der Waals surface area (Å²) in [6.45, 7) is 3.62. The maximum Gasteiger partial charge on any atom is 0.266 e. The maximum absolute atomic E-state index is 11.3. The molecule has 5 heteroatoms. The number of aromatic nitrogens is 1. The summed E-state index contributed by atoms with van der Waals surface area (Å²) in [4.78, 5) is 15.4. The van der Waals surface area contributed by atoms with E-state index >= 15 is 0 Å². The summed E-state index contributed by atoms with van der Waals surface area (Å²) in [6.07, 6.45) is -0.454. The molecule has 0 bridgehead atoms. The van der Waals surface area contributed by atoms with Gasteiger partial charge in [-0.3, -0.25) is 4.79 Å². The van der Waals surface area contributed by atoms with Crippen LogP contribution in [0.5, 0.6) is 5.75 Å². The normalized spacial score (nSPS) is 19.6. The molecule has 2 heterocycles. The number of nitrogens with zero attached hydrogens (tertiary/aromatic N) is 1. The minimum atomic E-state index is -0.454. The molecule has 1 aliphatic heterocycles. The van der Waals surface area contributed by atoms with Crippen LogP contribution in [0.4, 0.5) is 5.82 Å². The molecule has 0 aliphatic carbocycles. The number of halogens is 1. The van der Waals surface area contributed by atoms with Gasteiger partial charge in [-0.15, -0.1) is 0 Å². The molecule has 1 atom stereocenters. The third kappa shape index (κ3) is 1.48. The maximum atomic E-state index is 11.3. The number of anilines is 1. The van der Waals surface area contributed by atoms with Gasteiger partial charge in [0.15, 0.2) is 17.7 Å². The Kier molecular flexibility index (Phi) is 2.19. The standard InChI is InChI=1S/C9H9BrN2O2/c1-4-3-6(10)11-8-7(4)14-5(2)9(13)12-8/h3,5H,1-2H3,(H,11,12,13). The summed E-state index contributed by atoms with van der Waals surface area (Å²) in [7, 11) is 0. The molecule has 0 radical (unpaired) electrons. The Bertz CT molecular complexity index is 406. The van der Waals surface area contributed by atoms with Crippen LogP contribution in [0.3, 0.4) is 0 Å². The predicted molar refractivity (Wildman–Crippen MR) is 55.4 cm³/mol. The lowest BCUT2D eigenvalue weighted by Gasteiger charge is -2.23. The summed E-state index contributed by atoms with van der Waals surface area (Å²) in [5.74, 6) is 0.975. The minimum Gasteiger partial charge on any atom is -0.477 e. The molecule has 1 aliphatic rings. The van der Waals surface area contributed by atoms with Crippen LogP contribution < -0.4 is 10.1 Å². The minimum absolute atomic E-state index is 0.164. The van der Waals surface area contributed by atoms with Crippen LogP contribution in [0.2, 0.25) is 0 Å². The third-order valence-corrected chi connectivity index (χ3v) is 2.44. The first-order valence-corrected chi connectivity index (χ1v) is 5.02. The molecule has 0 spiro atoms. The van der Waals surface area contributed by atoms with E-state index in [1.165, 1.54) is 0 Å². The fourth-order valence-corrected chi connectivity index (χ4v) is 1.82. The van der Waals surface area contributed by atoms with Gasteiger partial charge in [0.05, 0.1) is 0 Å². The number of carbonyl (C=O) groups is 1. The van der Waals surface area contributed by atoms with Gasteiger partial charge in [-0.25, -0.2) is 4.98 Å². The van der Waals surface area contributed by atoms with Gasteiger partial charge in [-0.2, -0.15) is 0 Å². The Morgan fingerprint density at radius 2 is 2.36 bits per heavy atom. The van der Waals surface area contributed by atoms with Gasteiger partial charge in [0.1, 0.15) is 4.60 Å². The van der Waals surface area contributed by atoms with Crippen molar-refractivity contribution in [2.45, 2.75) is 20.0 Å². The lowest BCUT2D eigenvalue weighted by molar-refractivity contribution is -0.122. The average Bonchev–Trinajstić information content (AvgIpc) is 2.08. The Morgan fingerprint density at radius 3 is 3.07 bits per heavy atom. The summed E-state index contributed by atoms with van der Waals surface area (Å²) in [6, 6.07) is 1.85. The van der Waals surface area contributed by atoms with Crippen molar-refractivity contribution >= 4 is 27.7 Å². The van der Waals surface area contributed by atoms with Gasteiger partial charge in [0.25, 0.3) is 5.91 Å². The summed E-state index contributed by atoms with van der Waals surface area (Å²) >= 11 is 3.26. The molecule has 1 amide bonds. The molecule has 0 aromatic carbocycles. The molecule has 1 unspecified atom stereocenters. The molecule has 0 saturated carbocycles. The van der Waals surface area contributed by atoms with Gasteiger partial charge in [-0.05, 0) is 41.4 Å². The highest BCUT2D eigenvalue weighted by Crippen LogP contribution is 2.32. The average molecular weight is 257 g/mol. The second kappa shape index (κ2) is 3.24. The number of fused-ring (bicyclic) bond motifs is 1. The molecular formula is C9H9BrN2O2. The summed E-state index contributed by atoms with van der Waals surface area (Å²) < 4.78 is 6.12. The van der Waals surface area contributed by atoms with Gasteiger partial charge in [0.2, 0.25) is 0 Å². The van der Waals surface area contributed by atoms with E-state index in [-0.39, 0.29) is 5.91 Å². The Hall–Kier alpha value is -1.10. The van der Waals surface area contributed by atoms with Crippen LogP contribution in [-0.2, 0) is 4.79 Å². The summed E-state index contributed by atoms with van der Waals surface area (Å²) in [5.41, 5.74) is 0.953. The molecular weight excluding hydrogens is 248 g/mol. The Balaban J connectivity index is 2.51. The van der Waals surface area contributed by atoms with E-state index in [0.717, 1.165) is 5.56 Å². The van der Waals surface area contributed by atoms with Gasteiger partial charge in [0, 0.05) is 0 Å². The van der Waals surface area contributed by atoms with Crippen molar-refractivity contribution in [3.63, 3.8) is 0 Å². The van der Waals surface area contributed by atoms with Crippen molar-refractivity contribution in [3.8, 4) is 5.75 Å². The number of amides is 1. The number of carbonyl (C=O) groups excluding carboxylic acids is 1. The smallest absolute Gasteiger partial charge is 0.266 e. The van der Waals surface area contributed by atoms with Gasteiger partial charge < -0.3 is 10.1 Å². The van der Waals surface area contributed by atoms with Crippen molar-refractivity contribution in [3.05, 3.63) is 16.2 Å². The quantitative estimate of drug-likeness (QED) is 0.722. The number of hydrogen-bond acceptors (Lipinski definition) is 3. The second-order valence-corrected chi connectivity index (χ2v) is 4.00. The van der Waals surface area contributed by atoms with E-state index < -0.39 is 6.10 Å². The Labute approximate surface area is 89.8 Å². The highest BCUT2D eigenvalue weighted by Gasteiger charge is 2.26. The molecule has 2 rings (SSSR count). The van der Waals surface area contributed by atoms with E-state index in [4.69, 9.17) is 4.74 Å². The molecule has 1 N–H and O–H groups in total. The van der Waals surface area contributed by atoms with Crippen molar-refractivity contribution in [1.29, 1.82) is 0 Å². The van der Waals surface area contributed by atoms with Crippen molar-refractivity contribution in [2.24, 2.45) is 0 Å².